The maximum atomic E-state index is 11.6. The lowest BCUT2D eigenvalue weighted by atomic mass is 10.1. The van der Waals surface area contributed by atoms with Crippen LogP contribution in [0, 0.1) is 0 Å². The van der Waals surface area contributed by atoms with Crippen molar-refractivity contribution in [1.29, 1.82) is 0 Å². The normalized spacial score (nSPS) is 22.3. The summed E-state index contributed by atoms with van der Waals surface area (Å²) in [5.74, 6) is 0.602. The second kappa shape index (κ2) is 6.50. The van der Waals surface area contributed by atoms with Crippen LogP contribution in [0.15, 0.2) is 24.3 Å². The lowest BCUT2D eigenvalue weighted by molar-refractivity contribution is 0.184. The van der Waals surface area contributed by atoms with Crippen molar-refractivity contribution in [2.45, 2.75) is 32.0 Å². The highest BCUT2D eigenvalue weighted by molar-refractivity contribution is 7.91. The van der Waals surface area contributed by atoms with Crippen LogP contribution in [0.2, 0.25) is 0 Å². The number of ether oxygens (including phenoxy) is 1. The van der Waals surface area contributed by atoms with E-state index in [-0.39, 0.29) is 11.8 Å². The molecule has 1 aliphatic heterocycles. The van der Waals surface area contributed by atoms with Gasteiger partial charge in [0.15, 0.2) is 9.84 Å². The third kappa shape index (κ3) is 4.30. The van der Waals surface area contributed by atoms with Crippen molar-refractivity contribution < 1.29 is 13.2 Å². The zero-order valence-electron chi connectivity index (χ0n) is 11.3. The molecule has 1 aromatic rings. The standard InChI is InChI=1S/C14H21NO3S/c1-18-10-13-6-3-2-5-12(13)9-15-14-7-4-8-19(16,17)11-14/h2-3,5-6,14-15H,4,7-11H2,1H3. The fourth-order valence-electron chi connectivity index (χ4n) is 2.46. The largest absolute Gasteiger partial charge is 0.380 e. The van der Waals surface area contributed by atoms with E-state index in [0.717, 1.165) is 18.4 Å². The molecule has 0 aliphatic carbocycles. The summed E-state index contributed by atoms with van der Waals surface area (Å²) >= 11 is 0. The lowest BCUT2D eigenvalue weighted by Gasteiger charge is -2.23. The van der Waals surface area contributed by atoms with Crippen molar-refractivity contribution in [2.24, 2.45) is 0 Å². The molecule has 1 heterocycles. The molecule has 0 bridgehead atoms. The third-order valence-corrected chi connectivity index (χ3v) is 5.28. The minimum absolute atomic E-state index is 0.0781. The van der Waals surface area contributed by atoms with Gasteiger partial charge in [-0.05, 0) is 24.0 Å². The van der Waals surface area contributed by atoms with E-state index >= 15 is 0 Å². The summed E-state index contributed by atoms with van der Waals surface area (Å²) in [4.78, 5) is 0. The van der Waals surface area contributed by atoms with Gasteiger partial charge in [-0.3, -0.25) is 0 Å². The minimum atomic E-state index is -2.84. The first-order chi connectivity index (χ1) is 9.11. The van der Waals surface area contributed by atoms with Crippen molar-refractivity contribution in [3.63, 3.8) is 0 Å². The number of rotatable bonds is 5. The van der Waals surface area contributed by atoms with E-state index in [1.165, 1.54) is 5.56 Å². The Morgan fingerprint density at radius 3 is 2.74 bits per heavy atom. The molecule has 1 fully saturated rings. The highest BCUT2D eigenvalue weighted by Crippen LogP contribution is 2.14. The Balaban J connectivity index is 1.95. The van der Waals surface area contributed by atoms with E-state index in [1.54, 1.807) is 7.11 Å². The molecule has 4 nitrogen and oxygen atoms in total. The van der Waals surface area contributed by atoms with Crippen molar-refractivity contribution in [3.8, 4) is 0 Å². The van der Waals surface area contributed by atoms with E-state index in [4.69, 9.17) is 4.74 Å². The summed E-state index contributed by atoms with van der Waals surface area (Å²) in [6, 6.07) is 8.16. The van der Waals surface area contributed by atoms with Crippen molar-refractivity contribution in [3.05, 3.63) is 35.4 Å². The average molecular weight is 283 g/mol. The summed E-state index contributed by atoms with van der Waals surface area (Å²) in [7, 11) is -1.17. The zero-order chi connectivity index (χ0) is 13.7. The molecule has 5 heteroatoms. The molecule has 0 aromatic heterocycles. The van der Waals surface area contributed by atoms with Gasteiger partial charge in [-0.15, -0.1) is 0 Å². The first-order valence-corrected chi connectivity index (χ1v) is 8.42. The molecule has 1 aliphatic rings. The van der Waals surface area contributed by atoms with Crippen LogP contribution in [0.1, 0.15) is 24.0 Å². The molecular weight excluding hydrogens is 262 g/mol. The number of hydrogen-bond acceptors (Lipinski definition) is 4. The molecule has 0 saturated carbocycles. The van der Waals surface area contributed by atoms with Gasteiger partial charge in [-0.1, -0.05) is 24.3 Å². The van der Waals surface area contributed by atoms with Gasteiger partial charge in [0.05, 0.1) is 18.1 Å². The second-order valence-corrected chi connectivity index (χ2v) is 7.26. The topological polar surface area (TPSA) is 55.4 Å². The summed E-state index contributed by atoms with van der Waals surface area (Å²) in [6.07, 6.45) is 1.70. The monoisotopic (exact) mass is 283 g/mol. The molecular formula is C14H21NO3S. The van der Waals surface area contributed by atoms with Crippen LogP contribution >= 0.6 is 0 Å². The number of methoxy groups -OCH3 is 1. The highest BCUT2D eigenvalue weighted by atomic mass is 32.2. The highest BCUT2D eigenvalue weighted by Gasteiger charge is 2.24. The Bertz CT molecular complexity index is 513. The smallest absolute Gasteiger partial charge is 0.151 e. The Labute approximate surface area is 115 Å². The minimum Gasteiger partial charge on any atom is -0.380 e. The number of hydrogen-bond donors (Lipinski definition) is 1. The fraction of sp³-hybridized carbons (Fsp3) is 0.571. The molecule has 1 atom stereocenters. The van der Waals surface area contributed by atoms with Crippen LogP contribution in [0.4, 0.5) is 0 Å². The summed E-state index contributed by atoms with van der Waals surface area (Å²) in [5, 5.41) is 3.36. The molecule has 0 amide bonds. The molecule has 106 valence electrons. The molecule has 2 rings (SSSR count). The summed E-state index contributed by atoms with van der Waals surface area (Å²) in [5.41, 5.74) is 2.32. The fourth-order valence-corrected chi connectivity index (χ4v) is 4.14. The van der Waals surface area contributed by atoms with Crippen LogP contribution in [-0.4, -0.2) is 33.1 Å². The van der Waals surface area contributed by atoms with Crippen LogP contribution in [0.25, 0.3) is 0 Å². The Hall–Kier alpha value is -0.910. The molecule has 1 aromatic carbocycles. The molecule has 19 heavy (non-hydrogen) atoms. The first-order valence-electron chi connectivity index (χ1n) is 6.60. The van der Waals surface area contributed by atoms with E-state index in [2.05, 4.69) is 11.4 Å². The van der Waals surface area contributed by atoms with Gasteiger partial charge >= 0.3 is 0 Å². The van der Waals surface area contributed by atoms with Crippen molar-refractivity contribution in [2.75, 3.05) is 18.6 Å². The van der Waals surface area contributed by atoms with Gasteiger partial charge in [0.25, 0.3) is 0 Å². The first kappa shape index (κ1) is 14.5. The molecule has 0 radical (unpaired) electrons. The van der Waals surface area contributed by atoms with E-state index < -0.39 is 9.84 Å². The predicted octanol–water partition coefficient (Wildman–Crippen LogP) is 1.50. The van der Waals surface area contributed by atoms with Crippen molar-refractivity contribution >= 4 is 9.84 Å². The van der Waals surface area contributed by atoms with Crippen LogP contribution in [-0.2, 0) is 27.7 Å². The van der Waals surface area contributed by atoms with Gasteiger partial charge in [0, 0.05) is 19.7 Å². The van der Waals surface area contributed by atoms with Crippen molar-refractivity contribution in [1.82, 2.24) is 5.32 Å². The summed E-state index contributed by atoms with van der Waals surface area (Å²) in [6.45, 7) is 1.28. The van der Waals surface area contributed by atoms with Gasteiger partial charge in [0.1, 0.15) is 0 Å². The Kier molecular flexibility index (Phi) is 4.96. The average Bonchev–Trinajstić information content (AvgIpc) is 2.37. The van der Waals surface area contributed by atoms with Crippen LogP contribution in [0.3, 0.4) is 0 Å². The van der Waals surface area contributed by atoms with E-state index in [9.17, 15) is 8.42 Å². The molecule has 0 spiro atoms. The van der Waals surface area contributed by atoms with Gasteiger partial charge < -0.3 is 10.1 Å². The molecule has 1 saturated heterocycles. The van der Waals surface area contributed by atoms with Crippen LogP contribution < -0.4 is 5.32 Å². The van der Waals surface area contributed by atoms with E-state index in [1.807, 2.05) is 18.2 Å². The Morgan fingerprint density at radius 1 is 1.32 bits per heavy atom. The number of sulfone groups is 1. The van der Waals surface area contributed by atoms with Gasteiger partial charge in [-0.25, -0.2) is 8.42 Å². The number of benzene rings is 1. The van der Waals surface area contributed by atoms with Gasteiger partial charge in [0.2, 0.25) is 0 Å². The quantitative estimate of drug-likeness (QED) is 0.890. The predicted molar refractivity (Wildman–Crippen MR) is 75.7 cm³/mol. The Morgan fingerprint density at radius 2 is 2.05 bits per heavy atom. The molecule has 1 unspecified atom stereocenters. The molecule has 1 N–H and O–H groups in total. The maximum Gasteiger partial charge on any atom is 0.151 e. The SMILES string of the molecule is COCc1ccccc1CNC1CCCS(=O)(=O)C1. The summed E-state index contributed by atoms with van der Waals surface area (Å²) < 4.78 is 28.3. The van der Waals surface area contributed by atoms with E-state index in [0.29, 0.717) is 18.9 Å². The zero-order valence-corrected chi connectivity index (χ0v) is 12.1. The van der Waals surface area contributed by atoms with Gasteiger partial charge in [-0.2, -0.15) is 0 Å². The lowest BCUT2D eigenvalue weighted by Crippen LogP contribution is -2.39. The maximum absolute atomic E-state index is 11.6. The third-order valence-electron chi connectivity index (χ3n) is 3.46. The number of nitrogens with one attached hydrogen (secondary N) is 1. The second-order valence-electron chi connectivity index (χ2n) is 5.04. The van der Waals surface area contributed by atoms with Crippen LogP contribution in [0.5, 0.6) is 0 Å².